The molecule has 3 aromatic rings. The van der Waals surface area contributed by atoms with E-state index in [1.54, 1.807) is 0 Å². The molecule has 1 atom stereocenters. The molecule has 0 aromatic heterocycles. The molecule has 4 heteroatoms. The molecule has 0 aliphatic rings. The summed E-state index contributed by atoms with van der Waals surface area (Å²) in [6.07, 6.45) is 0.237. The lowest BCUT2D eigenvalue weighted by Gasteiger charge is -2.21. The number of rotatable bonds is 7. The fourth-order valence-corrected chi connectivity index (χ4v) is 3.16. The molecule has 1 amide bonds. The van der Waals surface area contributed by atoms with Crippen LogP contribution in [0.1, 0.15) is 25.0 Å². The monoisotopic (exact) mass is 375 g/mol. The molecule has 0 aliphatic heterocycles. The SMILES string of the molecule is CC(C)[C@H](NC(=O)Cc1ccccc1)C(=O)OCc1cccc2ccccc12. The average Bonchev–Trinajstić information content (AvgIpc) is 2.70. The van der Waals surface area contributed by atoms with Crippen molar-refractivity contribution in [1.82, 2.24) is 5.32 Å². The van der Waals surface area contributed by atoms with Gasteiger partial charge in [0.1, 0.15) is 12.6 Å². The maximum Gasteiger partial charge on any atom is 0.329 e. The lowest BCUT2D eigenvalue weighted by Crippen LogP contribution is -2.45. The van der Waals surface area contributed by atoms with E-state index in [4.69, 9.17) is 4.74 Å². The van der Waals surface area contributed by atoms with Crippen LogP contribution in [0.25, 0.3) is 10.8 Å². The normalized spacial score (nSPS) is 12.0. The Labute approximate surface area is 165 Å². The highest BCUT2D eigenvalue weighted by Gasteiger charge is 2.25. The van der Waals surface area contributed by atoms with Gasteiger partial charge in [0.15, 0.2) is 0 Å². The fourth-order valence-electron chi connectivity index (χ4n) is 3.16. The minimum absolute atomic E-state index is 0.0697. The smallest absolute Gasteiger partial charge is 0.329 e. The predicted octanol–water partition coefficient (Wildman–Crippen LogP) is 4.27. The van der Waals surface area contributed by atoms with Crippen molar-refractivity contribution in [2.75, 3.05) is 0 Å². The molecule has 0 radical (unpaired) electrons. The Morgan fingerprint density at radius 3 is 2.32 bits per heavy atom. The molecule has 28 heavy (non-hydrogen) atoms. The largest absolute Gasteiger partial charge is 0.459 e. The lowest BCUT2D eigenvalue weighted by atomic mass is 10.0. The number of amides is 1. The van der Waals surface area contributed by atoms with Crippen molar-refractivity contribution in [3.63, 3.8) is 0 Å². The first-order chi connectivity index (χ1) is 13.5. The second-order valence-corrected chi connectivity index (χ2v) is 7.20. The zero-order valence-electron chi connectivity index (χ0n) is 16.2. The van der Waals surface area contributed by atoms with E-state index in [1.165, 1.54) is 0 Å². The molecule has 0 saturated carbocycles. The van der Waals surface area contributed by atoms with Gasteiger partial charge in [-0.15, -0.1) is 0 Å². The van der Waals surface area contributed by atoms with Gasteiger partial charge in [-0.1, -0.05) is 86.6 Å². The Hall–Kier alpha value is -3.14. The molecule has 4 nitrogen and oxygen atoms in total. The van der Waals surface area contributed by atoms with Crippen LogP contribution in [0.3, 0.4) is 0 Å². The molecule has 3 aromatic carbocycles. The van der Waals surface area contributed by atoms with Gasteiger partial charge in [0.05, 0.1) is 6.42 Å². The standard InChI is InChI=1S/C24H25NO3/c1-17(2)23(25-22(26)15-18-9-4-3-5-10-18)24(27)28-16-20-13-8-12-19-11-6-7-14-21(19)20/h3-14,17,23H,15-16H2,1-2H3,(H,25,26)/t23-/m0/s1. The van der Waals surface area contributed by atoms with Crippen molar-refractivity contribution in [3.8, 4) is 0 Å². The maximum absolute atomic E-state index is 12.6. The Kier molecular flexibility index (Phi) is 6.43. The molecule has 144 valence electrons. The fraction of sp³-hybridized carbons (Fsp3) is 0.250. The number of fused-ring (bicyclic) bond motifs is 1. The molecule has 0 bridgehead atoms. The highest BCUT2D eigenvalue weighted by molar-refractivity contribution is 5.87. The van der Waals surface area contributed by atoms with Crippen molar-refractivity contribution in [1.29, 1.82) is 0 Å². The quantitative estimate of drug-likeness (QED) is 0.628. The minimum atomic E-state index is -0.675. The summed E-state index contributed by atoms with van der Waals surface area (Å²) in [6.45, 7) is 3.97. The van der Waals surface area contributed by atoms with E-state index in [-0.39, 0.29) is 24.9 Å². The van der Waals surface area contributed by atoms with E-state index in [2.05, 4.69) is 5.32 Å². The van der Waals surface area contributed by atoms with E-state index in [0.29, 0.717) is 0 Å². The zero-order valence-corrected chi connectivity index (χ0v) is 16.2. The number of esters is 1. The summed E-state index contributed by atoms with van der Waals surface area (Å²) < 4.78 is 5.56. The van der Waals surface area contributed by atoms with Crippen LogP contribution in [0.15, 0.2) is 72.8 Å². The summed E-state index contributed by atoms with van der Waals surface area (Å²) in [7, 11) is 0. The molecular weight excluding hydrogens is 350 g/mol. The number of hydrogen-bond donors (Lipinski definition) is 1. The van der Waals surface area contributed by atoms with Crippen LogP contribution in [0.2, 0.25) is 0 Å². The van der Waals surface area contributed by atoms with Gasteiger partial charge >= 0.3 is 5.97 Å². The van der Waals surface area contributed by atoms with E-state index in [0.717, 1.165) is 21.9 Å². The van der Waals surface area contributed by atoms with Crippen molar-refractivity contribution in [2.24, 2.45) is 5.92 Å². The van der Waals surface area contributed by atoms with Gasteiger partial charge in [0.2, 0.25) is 5.91 Å². The van der Waals surface area contributed by atoms with E-state index >= 15 is 0 Å². The third-order valence-electron chi connectivity index (χ3n) is 4.69. The van der Waals surface area contributed by atoms with Crippen LogP contribution < -0.4 is 5.32 Å². The lowest BCUT2D eigenvalue weighted by molar-refractivity contribution is -0.150. The third-order valence-corrected chi connectivity index (χ3v) is 4.69. The third kappa shape index (κ3) is 4.97. The van der Waals surface area contributed by atoms with Crippen LogP contribution in [0, 0.1) is 5.92 Å². The van der Waals surface area contributed by atoms with Gasteiger partial charge in [0, 0.05) is 0 Å². The Morgan fingerprint density at radius 2 is 1.57 bits per heavy atom. The number of nitrogens with one attached hydrogen (secondary N) is 1. The first-order valence-electron chi connectivity index (χ1n) is 9.51. The molecule has 0 aliphatic carbocycles. The van der Waals surface area contributed by atoms with Gasteiger partial charge < -0.3 is 10.1 Å². The number of benzene rings is 3. The first kappa shape index (κ1) is 19.6. The molecule has 0 spiro atoms. The second-order valence-electron chi connectivity index (χ2n) is 7.20. The summed E-state index contributed by atoms with van der Waals surface area (Å²) in [5, 5.41) is 4.99. The molecule has 0 saturated heterocycles. The van der Waals surface area contributed by atoms with Crippen LogP contribution in [-0.4, -0.2) is 17.9 Å². The number of carbonyl (C=O) groups is 2. The number of ether oxygens (including phenoxy) is 1. The van der Waals surface area contributed by atoms with E-state index < -0.39 is 12.0 Å². The van der Waals surface area contributed by atoms with Gasteiger partial charge in [-0.25, -0.2) is 4.79 Å². The molecule has 0 heterocycles. The summed E-state index contributed by atoms with van der Waals surface area (Å²) >= 11 is 0. The van der Waals surface area contributed by atoms with Gasteiger partial charge in [0.25, 0.3) is 0 Å². The van der Waals surface area contributed by atoms with Crippen LogP contribution in [0.4, 0.5) is 0 Å². The highest BCUT2D eigenvalue weighted by Crippen LogP contribution is 2.19. The maximum atomic E-state index is 12.6. The topological polar surface area (TPSA) is 55.4 Å². The van der Waals surface area contributed by atoms with Crippen molar-refractivity contribution in [2.45, 2.75) is 32.9 Å². The molecule has 3 rings (SSSR count). The summed E-state index contributed by atoms with van der Waals surface area (Å²) in [4.78, 5) is 25.0. The first-order valence-corrected chi connectivity index (χ1v) is 9.51. The van der Waals surface area contributed by atoms with Crippen molar-refractivity contribution >= 4 is 22.6 Å². The Bertz CT molecular complexity index is 945. The van der Waals surface area contributed by atoms with Crippen molar-refractivity contribution in [3.05, 3.63) is 83.9 Å². The zero-order chi connectivity index (χ0) is 19.9. The highest BCUT2D eigenvalue weighted by atomic mass is 16.5. The minimum Gasteiger partial charge on any atom is -0.459 e. The van der Waals surface area contributed by atoms with Gasteiger partial charge in [-0.3, -0.25) is 4.79 Å². The van der Waals surface area contributed by atoms with Crippen LogP contribution >= 0.6 is 0 Å². The molecule has 1 N–H and O–H groups in total. The van der Waals surface area contributed by atoms with Gasteiger partial charge in [-0.2, -0.15) is 0 Å². The van der Waals surface area contributed by atoms with Gasteiger partial charge in [-0.05, 0) is 27.8 Å². The Balaban J connectivity index is 1.63. The summed E-state index contributed by atoms with van der Waals surface area (Å²) in [5.74, 6) is -0.670. The number of carbonyl (C=O) groups excluding carboxylic acids is 2. The number of hydrogen-bond acceptors (Lipinski definition) is 3. The van der Waals surface area contributed by atoms with Crippen LogP contribution in [-0.2, 0) is 27.4 Å². The van der Waals surface area contributed by atoms with E-state index in [1.807, 2.05) is 86.6 Å². The molecular formula is C24H25NO3. The molecule has 0 fully saturated rings. The van der Waals surface area contributed by atoms with Crippen LogP contribution in [0.5, 0.6) is 0 Å². The predicted molar refractivity (Wildman–Crippen MR) is 111 cm³/mol. The average molecular weight is 375 g/mol. The molecule has 0 unspecified atom stereocenters. The van der Waals surface area contributed by atoms with E-state index in [9.17, 15) is 9.59 Å². The second kappa shape index (κ2) is 9.18. The van der Waals surface area contributed by atoms with Crippen molar-refractivity contribution < 1.29 is 14.3 Å². The summed E-state index contributed by atoms with van der Waals surface area (Å²) in [5.41, 5.74) is 1.86. The summed E-state index contributed by atoms with van der Waals surface area (Å²) in [6, 6.07) is 22.7. The Morgan fingerprint density at radius 1 is 0.893 bits per heavy atom.